The summed E-state index contributed by atoms with van der Waals surface area (Å²) in [7, 11) is 3.87. The molecule has 0 spiro atoms. The predicted octanol–water partition coefficient (Wildman–Crippen LogP) is 1.62. The van der Waals surface area contributed by atoms with Gasteiger partial charge in [-0.25, -0.2) is 0 Å². The Morgan fingerprint density at radius 3 is 2.68 bits per heavy atom. The normalized spacial score (nSPS) is 23.1. The molecule has 2 heterocycles. The van der Waals surface area contributed by atoms with E-state index >= 15 is 0 Å². The van der Waals surface area contributed by atoms with E-state index in [1.807, 2.05) is 18.8 Å². The molecule has 2 N–H and O–H groups in total. The van der Waals surface area contributed by atoms with Crippen LogP contribution in [-0.4, -0.2) is 59.4 Å². The SMILES string of the molecule is CN=C(NCC1CCN(C2CC2)C1)NC(C)Cc1c(C)nn(C)c1C. The van der Waals surface area contributed by atoms with Crippen molar-refractivity contribution in [3.63, 3.8) is 0 Å². The van der Waals surface area contributed by atoms with Gasteiger partial charge in [0.2, 0.25) is 0 Å². The summed E-state index contributed by atoms with van der Waals surface area (Å²) in [5.41, 5.74) is 3.72. The number of aromatic nitrogens is 2. The molecule has 140 valence electrons. The Morgan fingerprint density at radius 1 is 1.32 bits per heavy atom. The summed E-state index contributed by atoms with van der Waals surface area (Å²) in [5, 5.41) is 11.6. The van der Waals surface area contributed by atoms with Crippen molar-refractivity contribution in [3.05, 3.63) is 17.0 Å². The summed E-state index contributed by atoms with van der Waals surface area (Å²) in [6.07, 6.45) is 5.09. The zero-order valence-electron chi connectivity index (χ0n) is 16.5. The van der Waals surface area contributed by atoms with Crippen LogP contribution in [0.3, 0.4) is 0 Å². The molecule has 2 atom stereocenters. The summed E-state index contributed by atoms with van der Waals surface area (Å²) in [6.45, 7) is 9.98. The summed E-state index contributed by atoms with van der Waals surface area (Å²) >= 11 is 0. The molecule has 0 aromatic carbocycles. The Balaban J connectivity index is 1.45. The third-order valence-corrected chi connectivity index (χ3v) is 5.71. The van der Waals surface area contributed by atoms with Gasteiger partial charge in [0.25, 0.3) is 0 Å². The average Bonchev–Trinajstić information content (AvgIpc) is 3.28. The maximum Gasteiger partial charge on any atom is 0.191 e. The first-order valence-electron chi connectivity index (χ1n) is 9.68. The molecule has 6 nitrogen and oxygen atoms in total. The maximum absolute atomic E-state index is 4.52. The van der Waals surface area contributed by atoms with Crippen LogP contribution in [0.2, 0.25) is 0 Å². The van der Waals surface area contributed by atoms with Gasteiger partial charge < -0.3 is 15.5 Å². The first-order valence-corrected chi connectivity index (χ1v) is 9.68. The molecule has 1 aliphatic carbocycles. The number of nitrogens with one attached hydrogen (secondary N) is 2. The molecular weight excluding hydrogens is 312 g/mol. The third kappa shape index (κ3) is 4.54. The van der Waals surface area contributed by atoms with Gasteiger partial charge in [-0.05, 0) is 64.5 Å². The highest BCUT2D eigenvalue weighted by molar-refractivity contribution is 5.79. The molecule has 25 heavy (non-hydrogen) atoms. The van der Waals surface area contributed by atoms with Crippen molar-refractivity contribution in [2.75, 3.05) is 26.7 Å². The van der Waals surface area contributed by atoms with E-state index in [9.17, 15) is 0 Å². The topological polar surface area (TPSA) is 57.5 Å². The second-order valence-corrected chi connectivity index (χ2v) is 7.86. The van der Waals surface area contributed by atoms with Crippen LogP contribution in [0.1, 0.15) is 43.1 Å². The van der Waals surface area contributed by atoms with Crippen LogP contribution in [0, 0.1) is 19.8 Å². The molecule has 1 saturated carbocycles. The standard InChI is InChI=1S/C19H34N6/c1-13(10-18-14(2)23-24(5)15(18)3)22-19(20-4)21-11-16-8-9-25(12-16)17-6-7-17/h13,16-17H,6-12H2,1-5H3,(H2,20,21,22). The second-order valence-electron chi connectivity index (χ2n) is 7.86. The van der Waals surface area contributed by atoms with Gasteiger partial charge in [-0.3, -0.25) is 9.67 Å². The predicted molar refractivity (Wildman–Crippen MR) is 103 cm³/mol. The Hall–Kier alpha value is -1.56. The van der Waals surface area contributed by atoms with E-state index in [0.29, 0.717) is 6.04 Å². The Morgan fingerprint density at radius 2 is 2.08 bits per heavy atom. The minimum absolute atomic E-state index is 0.319. The Kier molecular flexibility index (Phi) is 5.67. The smallest absolute Gasteiger partial charge is 0.191 e. The molecule has 3 rings (SSSR count). The number of aryl methyl sites for hydroxylation is 2. The highest BCUT2D eigenvalue weighted by Gasteiger charge is 2.34. The number of rotatable bonds is 6. The number of guanidine groups is 1. The van der Waals surface area contributed by atoms with Gasteiger partial charge in [-0.15, -0.1) is 0 Å². The van der Waals surface area contributed by atoms with Crippen molar-refractivity contribution in [2.24, 2.45) is 18.0 Å². The second kappa shape index (κ2) is 7.77. The lowest BCUT2D eigenvalue weighted by molar-refractivity contribution is 0.314. The third-order valence-electron chi connectivity index (χ3n) is 5.71. The molecule has 1 aromatic heterocycles. The molecule has 2 fully saturated rings. The first kappa shape index (κ1) is 18.2. The van der Waals surface area contributed by atoms with Crippen LogP contribution in [0.5, 0.6) is 0 Å². The number of nitrogens with zero attached hydrogens (tertiary/aromatic N) is 4. The number of aliphatic imine (C=N–C) groups is 1. The zero-order valence-corrected chi connectivity index (χ0v) is 16.5. The summed E-state index contributed by atoms with van der Waals surface area (Å²) in [5.74, 6) is 1.66. The van der Waals surface area contributed by atoms with E-state index in [1.54, 1.807) is 0 Å². The van der Waals surface area contributed by atoms with E-state index in [4.69, 9.17) is 0 Å². The molecule has 2 unspecified atom stereocenters. The molecule has 6 heteroatoms. The largest absolute Gasteiger partial charge is 0.356 e. The molecule has 1 saturated heterocycles. The van der Waals surface area contributed by atoms with Gasteiger partial charge in [0.15, 0.2) is 5.96 Å². The quantitative estimate of drug-likeness (QED) is 0.607. The van der Waals surface area contributed by atoms with E-state index in [0.717, 1.165) is 36.6 Å². The fourth-order valence-corrected chi connectivity index (χ4v) is 3.94. The summed E-state index contributed by atoms with van der Waals surface area (Å²) < 4.78 is 1.97. The van der Waals surface area contributed by atoms with Crippen molar-refractivity contribution in [1.82, 2.24) is 25.3 Å². The van der Waals surface area contributed by atoms with Crippen LogP contribution >= 0.6 is 0 Å². The van der Waals surface area contributed by atoms with Crippen LogP contribution in [0.15, 0.2) is 4.99 Å². The van der Waals surface area contributed by atoms with Crippen molar-refractivity contribution >= 4 is 5.96 Å². The monoisotopic (exact) mass is 346 g/mol. The zero-order chi connectivity index (χ0) is 18.0. The molecule has 1 aromatic rings. The van der Waals surface area contributed by atoms with Gasteiger partial charge in [0.05, 0.1) is 5.69 Å². The van der Waals surface area contributed by atoms with Crippen molar-refractivity contribution < 1.29 is 0 Å². The molecule has 0 radical (unpaired) electrons. The van der Waals surface area contributed by atoms with Crippen molar-refractivity contribution in [2.45, 2.75) is 58.5 Å². The summed E-state index contributed by atoms with van der Waals surface area (Å²) in [4.78, 5) is 7.07. The van der Waals surface area contributed by atoms with Crippen molar-refractivity contribution in [3.8, 4) is 0 Å². The minimum Gasteiger partial charge on any atom is -0.356 e. The molecule has 2 aliphatic rings. The lowest BCUT2D eigenvalue weighted by Gasteiger charge is -2.20. The van der Waals surface area contributed by atoms with Gasteiger partial charge in [-0.2, -0.15) is 5.10 Å². The van der Waals surface area contributed by atoms with E-state index in [2.05, 4.69) is 46.4 Å². The van der Waals surface area contributed by atoms with Gasteiger partial charge in [0, 0.05) is 45.0 Å². The molecule has 0 bridgehead atoms. The number of likely N-dealkylation sites (tertiary alicyclic amines) is 1. The van der Waals surface area contributed by atoms with E-state index in [1.165, 1.54) is 43.6 Å². The van der Waals surface area contributed by atoms with Crippen LogP contribution < -0.4 is 10.6 Å². The average molecular weight is 347 g/mol. The lowest BCUT2D eigenvalue weighted by atomic mass is 10.1. The van der Waals surface area contributed by atoms with Gasteiger partial charge >= 0.3 is 0 Å². The number of hydrogen-bond donors (Lipinski definition) is 2. The van der Waals surface area contributed by atoms with Crippen LogP contribution in [-0.2, 0) is 13.5 Å². The van der Waals surface area contributed by atoms with Gasteiger partial charge in [-0.1, -0.05) is 0 Å². The Labute approximate surface area is 152 Å². The van der Waals surface area contributed by atoms with Crippen molar-refractivity contribution in [1.29, 1.82) is 0 Å². The van der Waals surface area contributed by atoms with Gasteiger partial charge in [0.1, 0.15) is 0 Å². The maximum atomic E-state index is 4.52. The van der Waals surface area contributed by atoms with E-state index in [-0.39, 0.29) is 0 Å². The van der Waals surface area contributed by atoms with Crippen LogP contribution in [0.25, 0.3) is 0 Å². The highest BCUT2D eigenvalue weighted by atomic mass is 15.3. The highest BCUT2D eigenvalue weighted by Crippen LogP contribution is 2.31. The number of hydrogen-bond acceptors (Lipinski definition) is 3. The Bertz CT molecular complexity index is 616. The summed E-state index contributed by atoms with van der Waals surface area (Å²) in [6, 6.07) is 1.22. The fraction of sp³-hybridized carbons (Fsp3) is 0.789. The molecular formula is C19H34N6. The minimum atomic E-state index is 0.319. The molecule has 0 amide bonds. The van der Waals surface area contributed by atoms with Crippen LogP contribution in [0.4, 0.5) is 0 Å². The fourth-order valence-electron chi connectivity index (χ4n) is 3.94. The first-order chi connectivity index (χ1) is 12.0. The lowest BCUT2D eigenvalue weighted by Crippen LogP contribution is -2.45. The molecule has 1 aliphatic heterocycles. The van der Waals surface area contributed by atoms with E-state index < -0.39 is 0 Å².